The van der Waals surface area contributed by atoms with E-state index in [9.17, 15) is 9.18 Å². The quantitative estimate of drug-likeness (QED) is 0.479. The fraction of sp³-hybridized carbons (Fsp3) is 0.158. The Balaban J connectivity index is 1.51. The molecule has 8 nitrogen and oxygen atoms in total. The van der Waals surface area contributed by atoms with E-state index in [1.165, 1.54) is 12.1 Å². The van der Waals surface area contributed by atoms with Crippen LogP contribution in [0.2, 0.25) is 0 Å². The topological polar surface area (TPSA) is 109 Å². The van der Waals surface area contributed by atoms with Crippen molar-refractivity contribution in [3.8, 4) is 11.4 Å². The molecule has 1 heterocycles. The molecular weight excluding hydrogens is 378 g/mol. The van der Waals surface area contributed by atoms with E-state index in [0.29, 0.717) is 11.7 Å². The summed E-state index contributed by atoms with van der Waals surface area (Å²) in [6, 6.07) is 14.1. The Morgan fingerprint density at radius 3 is 2.55 bits per heavy atom. The minimum absolute atomic E-state index is 0.0836. The Morgan fingerprint density at radius 2 is 1.90 bits per heavy atom. The van der Waals surface area contributed by atoms with Gasteiger partial charge in [0.15, 0.2) is 0 Å². The van der Waals surface area contributed by atoms with E-state index in [4.69, 9.17) is 10.0 Å². The summed E-state index contributed by atoms with van der Waals surface area (Å²) in [5.74, 6) is 0.00280. The summed E-state index contributed by atoms with van der Waals surface area (Å²) in [7, 11) is -2.06. The molecule has 0 bridgehead atoms. The Kier molecular flexibility index (Phi) is 5.19. The van der Waals surface area contributed by atoms with Crippen molar-refractivity contribution in [3.05, 3.63) is 66.1 Å². The third-order valence-corrected chi connectivity index (χ3v) is 4.40. The zero-order chi connectivity index (χ0) is 20.4. The Hall–Kier alpha value is -3.37. The summed E-state index contributed by atoms with van der Waals surface area (Å²) < 4.78 is 20.4. The standard InChI is InChI=1S/C19H18BFN4O4/c21-15-10-14(29-20(27)28)8-9-16(15)22-19(26)23-18-11-17(12-6-7-12)24-25(18)13-4-2-1-3-5-13/h1-5,8-12,27-28H,6-7H2,(H2,22,23,26). The van der Waals surface area contributed by atoms with Crippen LogP contribution in [0.15, 0.2) is 54.6 Å². The number of rotatable bonds is 6. The zero-order valence-electron chi connectivity index (χ0n) is 15.2. The van der Waals surface area contributed by atoms with Gasteiger partial charge in [-0.25, -0.2) is 13.9 Å². The maximum absolute atomic E-state index is 14.2. The molecule has 10 heteroatoms. The van der Waals surface area contributed by atoms with Crippen LogP contribution in [0, 0.1) is 5.82 Å². The first-order valence-corrected chi connectivity index (χ1v) is 9.05. The van der Waals surface area contributed by atoms with Gasteiger partial charge >= 0.3 is 13.4 Å². The van der Waals surface area contributed by atoms with Crippen molar-refractivity contribution in [2.45, 2.75) is 18.8 Å². The van der Waals surface area contributed by atoms with Crippen molar-refractivity contribution in [1.82, 2.24) is 9.78 Å². The third kappa shape index (κ3) is 4.56. The summed E-state index contributed by atoms with van der Waals surface area (Å²) in [4.78, 5) is 12.4. The van der Waals surface area contributed by atoms with Crippen molar-refractivity contribution in [1.29, 1.82) is 0 Å². The van der Waals surface area contributed by atoms with Crippen LogP contribution in [0.4, 0.5) is 20.7 Å². The molecule has 148 valence electrons. The number of carbonyl (C=O) groups is 1. The molecule has 3 aromatic rings. The van der Waals surface area contributed by atoms with E-state index in [1.807, 2.05) is 36.4 Å². The van der Waals surface area contributed by atoms with Crippen LogP contribution in [0.3, 0.4) is 0 Å². The molecule has 29 heavy (non-hydrogen) atoms. The van der Waals surface area contributed by atoms with Crippen LogP contribution in [-0.4, -0.2) is 33.2 Å². The summed E-state index contributed by atoms with van der Waals surface area (Å²) in [6.45, 7) is 0. The van der Waals surface area contributed by atoms with Crippen LogP contribution in [0.5, 0.6) is 5.75 Å². The number of hydrogen-bond donors (Lipinski definition) is 4. The molecule has 1 aliphatic rings. The van der Waals surface area contributed by atoms with E-state index in [2.05, 4.69) is 20.4 Å². The molecule has 1 saturated carbocycles. The SMILES string of the molecule is O=C(Nc1ccc(OB(O)O)cc1F)Nc1cc(C2CC2)nn1-c1ccccc1. The van der Waals surface area contributed by atoms with Gasteiger partial charge in [-0.1, -0.05) is 18.2 Å². The number of aromatic nitrogens is 2. The molecule has 0 aliphatic heterocycles. The minimum atomic E-state index is -2.06. The van der Waals surface area contributed by atoms with Gasteiger partial charge in [-0.3, -0.25) is 5.32 Å². The monoisotopic (exact) mass is 396 g/mol. The Labute approximate surface area is 166 Å². The molecule has 2 aromatic carbocycles. The minimum Gasteiger partial charge on any atom is -0.512 e. The summed E-state index contributed by atoms with van der Waals surface area (Å²) >= 11 is 0. The van der Waals surface area contributed by atoms with Gasteiger partial charge in [0.25, 0.3) is 0 Å². The van der Waals surface area contributed by atoms with E-state index < -0.39 is 19.2 Å². The largest absolute Gasteiger partial charge is 0.707 e. The lowest BCUT2D eigenvalue weighted by Crippen LogP contribution is -2.22. The fourth-order valence-corrected chi connectivity index (χ4v) is 2.90. The first kappa shape index (κ1) is 19.0. The highest BCUT2D eigenvalue weighted by Gasteiger charge is 2.28. The van der Waals surface area contributed by atoms with Crippen molar-refractivity contribution in [2.24, 2.45) is 0 Å². The number of benzene rings is 2. The average molecular weight is 396 g/mol. The summed E-state index contributed by atoms with van der Waals surface area (Å²) in [5, 5.41) is 27.3. The van der Waals surface area contributed by atoms with Gasteiger partial charge in [0, 0.05) is 18.1 Å². The molecule has 0 unspecified atom stereocenters. The van der Waals surface area contributed by atoms with Gasteiger partial charge in [0.1, 0.15) is 17.4 Å². The number of nitrogens with zero attached hydrogens (tertiary/aromatic N) is 2. The highest BCUT2D eigenvalue weighted by molar-refractivity contribution is 6.33. The smallest absolute Gasteiger partial charge is 0.512 e. The molecule has 4 N–H and O–H groups in total. The van der Waals surface area contributed by atoms with Crippen molar-refractivity contribution < 1.29 is 23.9 Å². The van der Waals surface area contributed by atoms with Crippen molar-refractivity contribution in [3.63, 3.8) is 0 Å². The highest BCUT2D eigenvalue weighted by atomic mass is 19.1. The lowest BCUT2D eigenvalue weighted by molar-refractivity contribution is 0.261. The van der Waals surface area contributed by atoms with Gasteiger partial charge in [0.2, 0.25) is 0 Å². The van der Waals surface area contributed by atoms with Gasteiger partial charge in [-0.05, 0) is 37.1 Å². The van der Waals surface area contributed by atoms with Gasteiger partial charge in [-0.15, -0.1) is 0 Å². The first-order valence-electron chi connectivity index (χ1n) is 9.05. The van der Waals surface area contributed by atoms with E-state index in [-0.39, 0.29) is 11.4 Å². The van der Waals surface area contributed by atoms with Crippen molar-refractivity contribution in [2.75, 3.05) is 10.6 Å². The maximum Gasteiger partial charge on any atom is 0.707 e. The highest BCUT2D eigenvalue weighted by Crippen LogP contribution is 2.40. The Morgan fingerprint density at radius 1 is 1.14 bits per heavy atom. The molecule has 1 fully saturated rings. The average Bonchev–Trinajstić information content (AvgIpc) is 3.45. The van der Waals surface area contributed by atoms with Gasteiger partial charge in [-0.2, -0.15) is 5.10 Å². The second-order valence-corrected chi connectivity index (χ2v) is 6.64. The predicted molar refractivity (Wildman–Crippen MR) is 105 cm³/mol. The molecule has 0 atom stereocenters. The van der Waals surface area contributed by atoms with Gasteiger partial charge in [0.05, 0.1) is 17.1 Å². The molecule has 2 amide bonds. The number of carbonyl (C=O) groups excluding carboxylic acids is 1. The van der Waals surface area contributed by atoms with E-state index in [0.717, 1.165) is 30.3 Å². The van der Waals surface area contributed by atoms with Crippen LogP contribution in [0.25, 0.3) is 5.69 Å². The molecular formula is C19H18BFN4O4. The zero-order valence-corrected chi connectivity index (χ0v) is 15.2. The molecule has 1 aromatic heterocycles. The van der Waals surface area contributed by atoms with Crippen LogP contribution in [0.1, 0.15) is 24.5 Å². The maximum atomic E-state index is 14.2. The van der Waals surface area contributed by atoms with E-state index in [1.54, 1.807) is 4.68 Å². The second-order valence-electron chi connectivity index (χ2n) is 6.64. The number of nitrogens with one attached hydrogen (secondary N) is 2. The third-order valence-electron chi connectivity index (χ3n) is 4.40. The number of halogens is 1. The second kappa shape index (κ2) is 7.94. The van der Waals surface area contributed by atoms with Crippen LogP contribution in [-0.2, 0) is 0 Å². The number of amides is 2. The Bertz CT molecular complexity index is 1020. The van der Waals surface area contributed by atoms with Crippen LogP contribution < -0.4 is 15.3 Å². The number of anilines is 2. The fourth-order valence-electron chi connectivity index (χ4n) is 2.90. The molecule has 1 aliphatic carbocycles. The van der Waals surface area contributed by atoms with E-state index >= 15 is 0 Å². The van der Waals surface area contributed by atoms with Gasteiger partial charge < -0.3 is 20.0 Å². The summed E-state index contributed by atoms with van der Waals surface area (Å²) in [6.07, 6.45) is 2.14. The lowest BCUT2D eigenvalue weighted by atomic mass is 10.2. The molecule has 0 radical (unpaired) electrons. The molecule has 4 rings (SSSR count). The van der Waals surface area contributed by atoms with Crippen LogP contribution >= 0.6 is 0 Å². The number of hydrogen-bond acceptors (Lipinski definition) is 5. The molecule has 0 spiro atoms. The molecule has 0 saturated heterocycles. The first-order chi connectivity index (χ1) is 14.0. The lowest BCUT2D eigenvalue weighted by Gasteiger charge is -2.11. The number of para-hydroxylation sites is 1. The normalized spacial score (nSPS) is 13.1. The summed E-state index contributed by atoms with van der Waals surface area (Å²) in [5.41, 5.74) is 1.61. The van der Waals surface area contributed by atoms with Crippen molar-refractivity contribution >= 4 is 24.9 Å². The number of urea groups is 1. The predicted octanol–water partition coefficient (Wildman–Crippen LogP) is 2.88.